The monoisotopic (exact) mass is 389 g/mol. The van der Waals surface area contributed by atoms with E-state index in [4.69, 9.17) is 10.7 Å². The predicted molar refractivity (Wildman–Crippen MR) is 115 cm³/mol. The van der Waals surface area contributed by atoms with Crippen molar-refractivity contribution < 1.29 is 4.99 Å². The van der Waals surface area contributed by atoms with Crippen molar-refractivity contribution in [3.8, 4) is 10.6 Å². The Balaban J connectivity index is 1.53. The first-order chi connectivity index (χ1) is 13.5. The number of aromatic nitrogens is 3. The van der Waals surface area contributed by atoms with E-state index in [0.717, 1.165) is 33.2 Å². The minimum Gasteiger partial charge on any atom is -0.322 e. The van der Waals surface area contributed by atoms with Crippen molar-refractivity contribution in [2.75, 3.05) is 5.32 Å². The van der Waals surface area contributed by atoms with Crippen molar-refractivity contribution in [2.45, 2.75) is 20.8 Å². The van der Waals surface area contributed by atoms with Gasteiger partial charge in [-0.2, -0.15) is 0 Å². The van der Waals surface area contributed by atoms with E-state index in [-0.39, 0.29) is 0 Å². The van der Waals surface area contributed by atoms with Crippen LogP contribution in [0.4, 0.5) is 11.6 Å². The van der Waals surface area contributed by atoms with Gasteiger partial charge in [-0.25, -0.2) is 9.98 Å². The summed E-state index contributed by atoms with van der Waals surface area (Å²) in [6.07, 6.45) is 0. The molecule has 0 radical (unpaired) electrons. The van der Waals surface area contributed by atoms with E-state index < -0.39 is 0 Å². The van der Waals surface area contributed by atoms with Gasteiger partial charge < -0.3 is 5.73 Å². The molecule has 0 unspecified atom stereocenters. The zero-order valence-electron chi connectivity index (χ0n) is 15.9. The summed E-state index contributed by atoms with van der Waals surface area (Å²) in [5, 5.41) is 4.13. The highest BCUT2D eigenvalue weighted by molar-refractivity contribution is 7.21. The molecule has 2 aromatic heterocycles. The van der Waals surface area contributed by atoms with Gasteiger partial charge in [-0.05, 0) is 62.7 Å². The molecule has 0 aliphatic heterocycles. The minimum absolute atomic E-state index is 0.369. The van der Waals surface area contributed by atoms with Gasteiger partial charge in [0.1, 0.15) is 5.01 Å². The second-order valence-electron chi connectivity index (χ2n) is 6.71. The lowest BCUT2D eigenvalue weighted by Gasteiger charge is -2.03. The number of anilines is 1. The van der Waals surface area contributed by atoms with E-state index in [1.54, 1.807) is 11.3 Å². The summed E-state index contributed by atoms with van der Waals surface area (Å²) in [7, 11) is 0. The quantitative estimate of drug-likeness (QED) is 0.370. The van der Waals surface area contributed by atoms with Crippen LogP contribution in [0, 0.1) is 20.8 Å². The number of rotatable bonds is 3. The number of hydrogen-bond donors (Lipinski definition) is 3. The zero-order valence-corrected chi connectivity index (χ0v) is 16.8. The van der Waals surface area contributed by atoms with Gasteiger partial charge in [0, 0.05) is 11.6 Å². The summed E-state index contributed by atoms with van der Waals surface area (Å²) < 4.78 is 1.20. The Hall–Kier alpha value is -3.32. The fourth-order valence-corrected chi connectivity index (χ4v) is 4.01. The number of guanidine groups is 1. The molecule has 0 fully saturated rings. The number of nitrogens with two attached hydrogens (primary N) is 1. The van der Waals surface area contributed by atoms with Crippen LogP contribution in [-0.4, -0.2) is 20.9 Å². The molecule has 4 aromatic rings. The smallest absolute Gasteiger partial charge is 0.322 e. The van der Waals surface area contributed by atoms with Gasteiger partial charge in [-0.3, -0.25) is 5.32 Å². The molecule has 140 valence electrons. The fourth-order valence-electron chi connectivity index (χ4n) is 2.94. The standard InChI is InChI=1S/C21H20N6S/c1-12-4-9-17-18(10-12)28-19(26-17)15-5-7-16(8-6-15)25-20(22)27-21-23-13(2)11-14(3)24-21/h4-11H,1-3H3,(H3,22,23,24,25,27)/p+1. The van der Waals surface area contributed by atoms with Gasteiger partial charge in [0.25, 0.3) is 5.96 Å². The summed E-state index contributed by atoms with van der Waals surface area (Å²) >= 11 is 1.70. The lowest BCUT2D eigenvalue weighted by Crippen LogP contribution is -2.72. The molecule has 0 bridgehead atoms. The van der Waals surface area contributed by atoms with Crippen molar-refractivity contribution in [1.29, 1.82) is 0 Å². The van der Waals surface area contributed by atoms with Crippen LogP contribution < -0.4 is 16.0 Å². The maximum absolute atomic E-state index is 6.06. The van der Waals surface area contributed by atoms with E-state index in [9.17, 15) is 0 Å². The van der Waals surface area contributed by atoms with Crippen molar-refractivity contribution in [3.63, 3.8) is 0 Å². The van der Waals surface area contributed by atoms with Gasteiger partial charge in [0.15, 0.2) is 0 Å². The van der Waals surface area contributed by atoms with Gasteiger partial charge in [0.05, 0.1) is 27.3 Å². The third-order valence-electron chi connectivity index (χ3n) is 4.18. The van der Waals surface area contributed by atoms with Crippen LogP contribution in [0.2, 0.25) is 0 Å². The fraction of sp³-hybridized carbons (Fsp3) is 0.143. The first-order valence-electron chi connectivity index (χ1n) is 8.93. The Morgan fingerprint density at radius 2 is 1.64 bits per heavy atom. The SMILES string of the molecule is Cc1ccc2nc(-c3ccc(NC(N)=[NH+]c4nc(C)cc(C)n4)cc3)sc2c1. The number of fused-ring (bicyclic) bond motifs is 1. The Bertz CT molecular complexity index is 1160. The third-order valence-corrected chi connectivity index (χ3v) is 5.25. The highest BCUT2D eigenvalue weighted by Gasteiger charge is 2.08. The van der Waals surface area contributed by atoms with Gasteiger partial charge in [-0.1, -0.05) is 6.07 Å². The van der Waals surface area contributed by atoms with Crippen molar-refractivity contribution in [1.82, 2.24) is 15.0 Å². The van der Waals surface area contributed by atoms with Crippen molar-refractivity contribution in [3.05, 3.63) is 65.5 Å². The highest BCUT2D eigenvalue weighted by Crippen LogP contribution is 2.31. The molecule has 0 saturated carbocycles. The van der Waals surface area contributed by atoms with Gasteiger partial charge in [-0.15, -0.1) is 21.3 Å². The summed E-state index contributed by atoms with van der Waals surface area (Å²) in [5.74, 6) is 0.845. The molecule has 0 aliphatic rings. The average molecular weight is 390 g/mol. The maximum atomic E-state index is 6.06. The van der Waals surface area contributed by atoms with E-state index >= 15 is 0 Å². The minimum atomic E-state index is 0.369. The largest absolute Gasteiger partial charge is 0.354 e. The van der Waals surface area contributed by atoms with E-state index in [2.05, 4.69) is 45.4 Å². The van der Waals surface area contributed by atoms with Crippen molar-refractivity contribution >= 4 is 39.1 Å². The van der Waals surface area contributed by atoms with Crippen LogP contribution in [0.25, 0.3) is 20.8 Å². The van der Waals surface area contributed by atoms with Gasteiger partial charge >= 0.3 is 5.95 Å². The summed E-state index contributed by atoms with van der Waals surface area (Å²) in [6.45, 7) is 5.94. The Morgan fingerprint density at radius 1 is 0.929 bits per heavy atom. The first-order valence-corrected chi connectivity index (χ1v) is 9.74. The zero-order chi connectivity index (χ0) is 19.7. The lowest BCUT2D eigenvalue weighted by atomic mass is 10.2. The second kappa shape index (κ2) is 7.36. The molecule has 0 saturated heterocycles. The Morgan fingerprint density at radius 3 is 2.36 bits per heavy atom. The number of nitrogens with one attached hydrogen (secondary N) is 2. The van der Waals surface area contributed by atoms with Crippen LogP contribution in [0.1, 0.15) is 17.0 Å². The molecular formula is C21H21N6S+. The topological polar surface area (TPSA) is 90.7 Å². The van der Waals surface area contributed by atoms with Crippen molar-refractivity contribution in [2.24, 2.45) is 5.73 Å². The highest BCUT2D eigenvalue weighted by atomic mass is 32.1. The molecule has 2 aromatic carbocycles. The number of nitrogens with zero attached hydrogens (tertiary/aromatic N) is 3. The molecule has 0 atom stereocenters. The van der Waals surface area contributed by atoms with Crippen LogP contribution in [0.3, 0.4) is 0 Å². The predicted octanol–water partition coefficient (Wildman–Crippen LogP) is 2.82. The van der Waals surface area contributed by atoms with E-state index in [1.807, 2.05) is 44.2 Å². The van der Waals surface area contributed by atoms with Gasteiger partial charge in [0.2, 0.25) is 0 Å². The summed E-state index contributed by atoms with van der Waals surface area (Å²) in [6, 6.07) is 16.3. The molecule has 28 heavy (non-hydrogen) atoms. The molecule has 4 N–H and O–H groups in total. The average Bonchev–Trinajstić information content (AvgIpc) is 3.04. The Kier molecular flexibility index (Phi) is 4.75. The molecule has 0 aliphatic carbocycles. The number of benzene rings is 2. The molecule has 6 nitrogen and oxygen atoms in total. The maximum Gasteiger partial charge on any atom is 0.354 e. The van der Waals surface area contributed by atoms with E-state index in [0.29, 0.717) is 11.9 Å². The number of aryl methyl sites for hydroxylation is 3. The molecule has 7 heteroatoms. The first kappa shape index (κ1) is 18.1. The Labute approximate surface area is 167 Å². The van der Waals surface area contributed by atoms with Crippen LogP contribution >= 0.6 is 11.3 Å². The number of hydrogen-bond acceptors (Lipinski definition) is 4. The summed E-state index contributed by atoms with van der Waals surface area (Å²) in [5.41, 5.74) is 12.1. The van der Waals surface area contributed by atoms with Crippen LogP contribution in [-0.2, 0) is 0 Å². The second-order valence-corrected chi connectivity index (χ2v) is 7.74. The normalized spacial score (nSPS) is 11.8. The summed E-state index contributed by atoms with van der Waals surface area (Å²) in [4.78, 5) is 16.4. The lowest BCUT2D eigenvalue weighted by molar-refractivity contribution is -0.365. The number of thiazole rings is 1. The molecule has 0 amide bonds. The van der Waals surface area contributed by atoms with E-state index in [1.165, 1.54) is 10.3 Å². The molecule has 2 heterocycles. The van der Waals surface area contributed by atoms with Crippen LogP contribution in [0.5, 0.6) is 0 Å². The van der Waals surface area contributed by atoms with Crippen LogP contribution in [0.15, 0.2) is 48.5 Å². The molecular weight excluding hydrogens is 368 g/mol. The molecule has 0 spiro atoms. The third kappa shape index (κ3) is 3.99. The molecule has 4 rings (SSSR count).